The maximum Gasteiger partial charge on any atom is 0.264 e. The Morgan fingerprint density at radius 1 is 1.00 bits per heavy atom. The molecule has 1 heterocycles. The van der Waals surface area contributed by atoms with Crippen LogP contribution in [0.2, 0.25) is 0 Å². The fraction of sp³-hybridized carbons (Fsp3) is 0.281. The van der Waals surface area contributed by atoms with Crippen molar-refractivity contribution in [3.8, 4) is 5.75 Å². The van der Waals surface area contributed by atoms with Gasteiger partial charge >= 0.3 is 0 Å². The van der Waals surface area contributed by atoms with Gasteiger partial charge in [0, 0.05) is 35.5 Å². The third-order valence-corrected chi connectivity index (χ3v) is 10.3. The number of aromatic hydroxyl groups is 1. The van der Waals surface area contributed by atoms with Crippen LogP contribution in [0.5, 0.6) is 5.75 Å². The Morgan fingerprint density at radius 3 is 2.18 bits per heavy atom. The first-order valence-corrected chi connectivity index (χ1v) is 16.2. The largest absolute Gasteiger partial charge is 0.510 e. The number of likely N-dealkylation sites (N-methyl/N-ethyl adjacent to an activating group) is 1. The molecule has 3 aliphatic rings. The van der Waals surface area contributed by atoms with Crippen LogP contribution in [0.25, 0.3) is 0 Å². The van der Waals surface area contributed by atoms with E-state index in [9.17, 15) is 48.3 Å². The monoisotopic (exact) mass is 694 g/mol. The Kier molecular flexibility index (Phi) is 8.75. The number of Topliss-reactive ketones (excluding diaryl/α,β-unsaturated/α-hetero) is 2. The van der Waals surface area contributed by atoms with Crippen molar-refractivity contribution in [1.82, 2.24) is 14.9 Å². The number of nitrogens with two attached hydrogens (primary N) is 2. The molecule has 16 nitrogen and oxygen atoms in total. The molecule has 2 aromatic carbocycles. The molecule has 258 valence electrons. The molecule has 5 atom stereocenters. The minimum Gasteiger partial charge on any atom is -0.510 e. The number of aromatic nitrogens is 2. The number of fused-ring (bicyclic) bond motifs is 3. The van der Waals surface area contributed by atoms with Crippen molar-refractivity contribution >= 4 is 39.1 Å². The first-order valence-electron chi connectivity index (χ1n) is 14.7. The van der Waals surface area contributed by atoms with Crippen LogP contribution in [0.15, 0.2) is 88.5 Å². The molecule has 0 spiro atoms. The molecule has 10 N–H and O–H groups in total. The van der Waals surface area contributed by atoms with Gasteiger partial charge in [0.15, 0.2) is 11.4 Å². The predicted octanol–water partition coefficient (Wildman–Crippen LogP) is 0.645. The van der Waals surface area contributed by atoms with Crippen molar-refractivity contribution in [2.75, 3.05) is 24.6 Å². The number of anilines is 2. The summed E-state index contributed by atoms with van der Waals surface area (Å²) in [7, 11) is -0.598. The van der Waals surface area contributed by atoms with Crippen LogP contribution < -0.4 is 16.2 Å². The van der Waals surface area contributed by atoms with E-state index in [0.29, 0.717) is 5.69 Å². The average Bonchev–Trinajstić information content (AvgIpc) is 3.02. The van der Waals surface area contributed by atoms with Gasteiger partial charge in [-0.3, -0.25) is 19.3 Å². The number of carbonyl (C=O) groups excluding carboxylic acids is 3. The van der Waals surface area contributed by atoms with Crippen LogP contribution in [0.4, 0.5) is 11.6 Å². The van der Waals surface area contributed by atoms with Crippen molar-refractivity contribution in [3.63, 3.8) is 0 Å². The number of amides is 1. The number of carbonyl (C=O) groups is 3. The highest BCUT2D eigenvalue weighted by molar-refractivity contribution is 7.92. The summed E-state index contributed by atoms with van der Waals surface area (Å²) in [5.74, 6) is -7.86. The van der Waals surface area contributed by atoms with Crippen LogP contribution in [0.3, 0.4) is 0 Å². The number of benzene rings is 2. The first kappa shape index (κ1) is 35.0. The van der Waals surface area contributed by atoms with Gasteiger partial charge in [0.1, 0.15) is 22.8 Å². The van der Waals surface area contributed by atoms with Crippen molar-refractivity contribution in [3.05, 3.63) is 94.7 Å². The molecule has 49 heavy (non-hydrogen) atoms. The van der Waals surface area contributed by atoms with Gasteiger partial charge in [-0.15, -0.1) is 0 Å². The van der Waals surface area contributed by atoms with Gasteiger partial charge in [-0.1, -0.05) is 12.1 Å². The third kappa shape index (κ3) is 5.65. The summed E-state index contributed by atoms with van der Waals surface area (Å²) < 4.78 is 26.0. The number of sulfonamides is 1. The van der Waals surface area contributed by atoms with Crippen molar-refractivity contribution in [2.24, 2.45) is 17.6 Å². The smallest absolute Gasteiger partial charge is 0.264 e. The summed E-state index contributed by atoms with van der Waals surface area (Å²) in [6, 6.07) is 10.5. The van der Waals surface area contributed by atoms with Gasteiger partial charge in [-0.25, -0.2) is 23.1 Å². The Labute approximate surface area is 280 Å². The van der Waals surface area contributed by atoms with E-state index >= 15 is 0 Å². The molecule has 6 rings (SSSR count). The molecule has 0 saturated carbocycles. The number of ketones is 2. The summed E-state index contributed by atoms with van der Waals surface area (Å²) in [6.45, 7) is 1.40. The van der Waals surface area contributed by atoms with Crippen LogP contribution >= 0.6 is 0 Å². The van der Waals surface area contributed by atoms with Gasteiger partial charge in [0.25, 0.3) is 15.9 Å². The van der Waals surface area contributed by atoms with E-state index in [4.69, 9.17) is 11.5 Å². The number of nitrogens with one attached hydrogen (secondary N) is 1. The fourth-order valence-corrected chi connectivity index (χ4v) is 7.64. The van der Waals surface area contributed by atoms with E-state index in [1.165, 1.54) is 80.8 Å². The minimum atomic E-state index is -3.66. The minimum absolute atomic E-state index is 0.0318. The van der Waals surface area contributed by atoms with Gasteiger partial charge in [0.2, 0.25) is 11.7 Å². The number of nitrogens with zero attached hydrogens (tertiary/aromatic N) is 3. The van der Waals surface area contributed by atoms with Crippen LogP contribution in [0.1, 0.15) is 29.3 Å². The summed E-state index contributed by atoms with van der Waals surface area (Å²) >= 11 is 0. The maximum absolute atomic E-state index is 13.3. The molecule has 1 aromatic heterocycles. The van der Waals surface area contributed by atoms with E-state index in [-0.39, 0.29) is 28.4 Å². The highest BCUT2D eigenvalue weighted by Crippen LogP contribution is 2.56. The molecule has 0 bridgehead atoms. The molecule has 3 aliphatic carbocycles. The number of aliphatic hydroxyl groups is 4. The molecule has 17 heteroatoms. The zero-order valence-corrected chi connectivity index (χ0v) is 27.2. The summed E-state index contributed by atoms with van der Waals surface area (Å²) in [6.07, 6.45) is 2.70. The fourth-order valence-electron chi connectivity index (χ4n) is 6.69. The highest BCUT2D eigenvalue weighted by atomic mass is 32.2. The molecule has 3 aromatic rings. The molecule has 0 aliphatic heterocycles. The second-order valence-electron chi connectivity index (χ2n) is 12.2. The van der Waals surface area contributed by atoms with Crippen LogP contribution in [-0.2, 0) is 25.2 Å². The summed E-state index contributed by atoms with van der Waals surface area (Å²) in [5, 5.41) is 55.0. The lowest BCUT2D eigenvalue weighted by atomic mass is 9.55. The zero-order valence-electron chi connectivity index (χ0n) is 26.4. The number of rotatable bonds is 5. The molecule has 0 unspecified atom stereocenters. The van der Waals surface area contributed by atoms with Crippen molar-refractivity contribution in [1.29, 1.82) is 0 Å². The quantitative estimate of drug-likeness (QED) is 0.134. The Bertz CT molecular complexity index is 2030. The van der Waals surface area contributed by atoms with Gasteiger partial charge in [-0.05, 0) is 69.4 Å². The number of nitrogen functional groups attached to an aromatic ring is 1. The lowest BCUT2D eigenvalue weighted by Gasteiger charge is -2.52. The van der Waals surface area contributed by atoms with E-state index < -0.39 is 85.0 Å². The summed E-state index contributed by atoms with van der Waals surface area (Å²) in [5.41, 5.74) is 5.33. The highest BCUT2D eigenvalue weighted by Gasteiger charge is 2.65. The number of hydrogen-bond acceptors (Lipinski definition) is 14. The number of aliphatic hydroxyl groups excluding tert-OH is 2. The standard InChI is InChI=1S/C22H24N2O8.C10H10N4O2S/c1-21(31)8-5-4-6-11(25)12(8)16(26)13-9(21)7-10-15(24(2)3)17(27)14(20(23)30)19(29)22(10,32)18(13)28;11-8-2-4-9(5-3-8)17(15,16)14-10-12-6-1-7-13-10/h4-6,9-10,15,25,27-28,31-32H,7H2,1-3H3,(H2,23,30);1-7H,11H2,(H,12,13,14)/t9-,10-,15-,21+,22-;/m0./s1. The lowest BCUT2D eigenvalue weighted by molar-refractivity contribution is -0.151. The molecule has 1 amide bonds. The van der Waals surface area contributed by atoms with E-state index in [0.717, 1.165) is 0 Å². The van der Waals surface area contributed by atoms with Gasteiger partial charge in [-0.2, -0.15) is 0 Å². The first-order chi connectivity index (χ1) is 22.8. The Morgan fingerprint density at radius 2 is 1.61 bits per heavy atom. The SMILES string of the molecule is CN(C)[C@@H]1C(O)=C(C(N)=O)C(=O)[C@@]2(O)C(O)=C3C(=O)c4c(O)cccc4[C@@](C)(O)[C@H]3C[C@@H]12.Nc1ccc(S(=O)(=O)Nc2ncccn2)cc1. The molecule has 0 saturated heterocycles. The van der Waals surface area contributed by atoms with Crippen LogP contribution in [-0.4, -0.2) is 92.0 Å². The predicted molar refractivity (Wildman–Crippen MR) is 173 cm³/mol. The second kappa shape index (κ2) is 12.3. The average molecular weight is 695 g/mol. The molecule has 0 fully saturated rings. The Balaban J connectivity index is 0.000000232. The van der Waals surface area contributed by atoms with Crippen LogP contribution in [0, 0.1) is 11.8 Å². The third-order valence-electron chi connectivity index (χ3n) is 9.00. The second-order valence-corrected chi connectivity index (χ2v) is 13.9. The van der Waals surface area contributed by atoms with Crippen molar-refractivity contribution < 1.29 is 48.3 Å². The van der Waals surface area contributed by atoms with E-state index in [1.807, 2.05) is 0 Å². The van der Waals surface area contributed by atoms with Crippen molar-refractivity contribution in [2.45, 2.75) is 35.5 Å². The normalized spacial score (nSPS) is 26.3. The molecule has 0 radical (unpaired) electrons. The van der Waals surface area contributed by atoms with Gasteiger partial charge < -0.3 is 37.0 Å². The number of phenolic OH excluding ortho intramolecular Hbond substituents is 1. The number of primary amides is 1. The van der Waals surface area contributed by atoms with Gasteiger partial charge in [0.05, 0.1) is 22.1 Å². The molecular formula is C32H34N6O10S. The number of hydrogen-bond donors (Lipinski definition) is 8. The van der Waals surface area contributed by atoms with E-state index in [1.54, 1.807) is 6.07 Å². The van der Waals surface area contributed by atoms with E-state index in [2.05, 4.69) is 14.7 Å². The number of phenols is 1. The Hall–Kier alpha value is -5.36. The lowest BCUT2D eigenvalue weighted by Crippen LogP contribution is -2.65. The zero-order chi connectivity index (χ0) is 36.2. The molecular weight excluding hydrogens is 660 g/mol. The maximum atomic E-state index is 13.3. The summed E-state index contributed by atoms with van der Waals surface area (Å²) in [4.78, 5) is 47.5. The topological polar surface area (TPSA) is 280 Å².